The molecule has 0 amide bonds. The molecule has 0 aliphatic heterocycles. The Morgan fingerprint density at radius 1 is 0.893 bits per heavy atom. The van der Waals surface area contributed by atoms with Gasteiger partial charge in [0.25, 0.3) is 0 Å². The monoisotopic (exact) mass is 437 g/mol. The maximum atomic E-state index is 13.2. The standard InChI is InChI=1S/C16H20F6O5S/c17-15(18,19)14(16(20,21)22,7-28(24,25)26)27-13(23)6-12-10-2-8-1-9(4-10)5-11(12)3-8/h8-12H,1-7H2,(H,24,25,26)/p-1. The Kier molecular flexibility index (Phi) is 5.22. The quantitative estimate of drug-likeness (QED) is 0.374. The second-order valence-corrected chi connectivity index (χ2v) is 9.70. The fourth-order valence-corrected chi connectivity index (χ4v) is 6.40. The average Bonchev–Trinajstić information content (AvgIpc) is 2.45. The van der Waals surface area contributed by atoms with Crippen molar-refractivity contribution in [3.8, 4) is 0 Å². The largest absolute Gasteiger partial charge is 0.748 e. The van der Waals surface area contributed by atoms with Crippen molar-refractivity contribution in [1.29, 1.82) is 0 Å². The van der Waals surface area contributed by atoms with E-state index in [1.165, 1.54) is 0 Å². The molecule has 12 heteroatoms. The first-order chi connectivity index (χ1) is 12.6. The number of halogens is 6. The van der Waals surface area contributed by atoms with E-state index in [1.54, 1.807) is 0 Å². The number of hydrogen-bond acceptors (Lipinski definition) is 5. The number of rotatable bonds is 5. The van der Waals surface area contributed by atoms with Crippen molar-refractivity contribution >= 4 is 16.1 Å². The lowest BCUT2D eigenvalue weighted by atomic mass is 9.51. The Labute approximate surface area is 157 Å². The minimum Gasteiger partial charge on any atom is -0.748 e. The van der Waals surface area contributed by atoms with Gasteiger partial charge in [0.05, 0.1) is 15.9 Å². The van der Waals surface area contributed by atoms with E-state index < -0.39 is 46.2 Å². The van der Waals surface area contributed by atoms with Gasteiger partial charge in [-0.3, -0.25) is 4.79 Å². The fraction of sp³-hybridized carbons (Fsp3) is 0.938. The number of alkyl halides is 6. The molecule has 0 atom stereocenters. The Bertz CT molecular complexity index is 687. The van der Waals surface area contributed by atoms with Gasteiger partial charge in [-0.2, -0.15) is 26.3 Å². The SMILES string of the molecule is O=C(CC1C2CC3CC(C2)CC1C3)OC(CS(=O)(=O)[O-])(C(F)(F)F)C(F)(F)F. The van der Waals surface area contributed by atoms with Crippen LogP contribution in [0, 0.1) is 29.6 Å². The fourth-order valence-electron chi connectivity index (χ4n) is 5.52. The van der Waals surface area contributed by atoms with Gasteiger partial charge >= 0.3 is 23.9 Å². The number of hydrogen-bond donors (Lipinski definition) is 0. The number of carbonyl (C=O) groups is 1. The highest BCUT2D eigenvalue weighted by Crippen LogP contribution is 2.57. The molecule has 4 fully saturated rings. The van der Waals surface area contributed by atoms with Gasteiger partial charge in [0, 0.05) is 6.42 Å². The van der Waals surface area contributed by atoms with Gasteiger partial charge in [-0.05, 0) is 61.7 Å². The van der Waals surface area contributed by atoms with Crippen LogP contribution in [0.3, 0.4) is 0 Å². The molecule has 0 heterocycles. The van der Waals surface area contributed by atoms with E-state index >= 15 is 0 Å². The molecule has 5 nitrogen and oxygen atoms in total. The minimum atomic E-state index is -6.32. The normalized spacial score (nSPS) is 33.2. The zero-order chi connectivity index (χ0) is 21.1. The maximum absolute atomic E-state index is 13.2. The lowest BCUT2D eigenvalue weighted by molar-refractivity contribution is -0.361. The molecular formula is C16H19F6O5S-. The highest BCUT2D eigenvalue weighted by molar-refractivity contribution is 7.85. The van der Waals surface area contributed by atoms with E-state index in [1.807, 2.05) is 0 Å². The molecule has 0 aromatic rings. The van der Waals surface area contributed by atoms with Crippen molar-refractivity contribution < 1.29 is 48.8 Å². The average molecular weight is 437 g/mol. The summed E-state index contributed by atoms with van der Waals surface area (Å²) in [5.74, 6) is -4.08. The van der Waals surface area contributed by atoms with E-state index in [0.29, 0.717) is 11.8 Å². The van der Waals surface area contributed by atoms with Crippen LogP contribution in [0.25, 0.3) is 0 Å². The molecule has 0 radical (unpaired) electrons. The third-order valence-electron chi connectivity index (χ3n) is 6.41. The van der Waals surface area contributed by atoms with E-state index in [0.717, 1.165) is 32.1 Å². The van der Waals surface area contributed by atoms with Crippen LogP contribution < -0.4 is 0 Å². The molecule has 0 spiro atoms. The molecule has 4 aliphatic rings. The van der Waals surface area contributed by atoms with Crippen LogP contribution in [0.4, 0.5) is 26.3 Å². The summed E-state index contributed by atoms with van der Waals surface area (Å²) < 4.78 is 115. The first-order valence-corrected chi connectivity index (χ1v) is 10.5. The van der Waals surface area contributed by atoms with Gasteiger partial charge < -0.3 is 9.29 Å². The van der Waals surface area contributed by atoms with Crippen LogP contribution >= 0.6 is 0 Å². The highest BCUT2D eigenvalue weighted by Gasteiger charge is 2.75. The van der Waals surface area contributed by atoms with E-state index in [4.69, 9.17) is 0 Å². The third-order valence-corrected chi connectivity index (χ3v) is 7.17. The van der Waals surface area contributed by atoms with Crippen molar-refractivity contribution in [3.63, 3.8) is 0 Å². The summed E-state index contributed by atoms with van der Waals surface area (Å²) in [6.45, 7) is 0. The molecule has 4 bridgehead atoms. The molecule has 0 N–H and O–H groups in total. The maximum Gasteiger partial charge on any atom is 0.438 e. The first kappa shape index (κ1) is 21.7. The smallest absolute Gasteiger partial charge is 0.438 e. The molecule has 0 unspecified atom stereocenters. The summed E-state index contributed by atoms with van der Waals surface area (Å²) in [6, 6.07) is 0. The van der Waals surface area contributed by atoms with Crippen LogP contribution in [-0.4, -0.2) is 42.6 Å². The van der Waals surface area contributed by atoms with Crippen molar-refractivity contribution in [1.82, 2.24) is 0 Å². The topological polar surface area (TPSA) is 83.5 Å². The van der Waals surface area contributed by atoms with Gasteiger partial charge in [0.2, 0.25) is 0 Å². The lowest BCUT2D eigenvalue weighted by Gasteiger charge is -2.54. The Morgan fingerprint density at radius 2 is 1.32 bits per heavy atom. The van der Waals surface area contributed by atoms with Gasteiger partial charge in [-0.1, -0.05) is 0 Å². The summed E-state index contributed by atoms with van der Waals surface area (Å²) in [4.78, 5) is 12.1. The lowest BCUT2D eigenvalue weighted by Crippen LogP contribution is -2.63. The van der Waals surface area contributed by atoms with Crippen molar-refractivity contribution in [2.45, 2.75) is 56.5 Å². The molecule has 0 aromatic carbocycles. The van der Waals surface area contributed by atoms with E-state index in [-0.39, 0.29) is 17.8 Å². The van der Waals surface area contributed by atoms with Gasteiger partial charge in [0.1, 0.15) is 0 Å². The van der Waals surface area contributed by atoms with Crippen LogP contribution in [0.1, 0.15) is 38.5 Å². The number of ether oxygens (including phenoxy) is 1. The second-order valence-electron chi connectivity index (χ2n) is 8.30. The number of esters is 1. The molecule has 0 saturated heterocycles. The van der Waals surface area contributed by atoms with E-state index in [9.17, 15) is 44.1 Å². The minimum absolute atomic E-state index is 0.0400. The van der Waals surface area contributed by atoms with Crippen LogP contribution in [-0.2, 0) is 19.6 Å². The van der Waals surface area contributed by atoms with Crippen molar-refractivity contribution in [2.24, 2.45) is 29.6 Å². The molecule has 0 aromatic heterocycles. The highest BCUT2D eigenvalue weighted by atomic mass is 32.2. The second kappa shape index (κ2) is 6.75. The predicted molar refractivity (Wildman–Crippen MR) is 80.6 cm³/mol. The predicted octanol–water partition coefficient (Wildman–Crippen LogP) is 3.40. The van der Waals surface area contributed by atoms with Gasteiger partial charge in [-0.15, -0.1) is 0 Å². The molecule has 4 saturated carbocycles. The molecular weight excluding hydrogens is 418 g/mol. The summed E-state index contributed by atoms with van der Waals surface area (Å²) in [6.07, 6.45) is -9.09. The van der Waals surface area contributed by atoms with Gasteiger partial charge in [-0.25, -0.2) is 8.42 Å². The summed E-state index contributed by atoms with van der Waals surface area (Å²) in [5.41, 5.74) is -5.37. The van der Waals surface area contributed by atoms with E-state index in [2.05, 4.69) is 4.74 Å². The Hall–Kier alpha value is -1.04. The summed E-state index contributed by atoms with van der Waals surface area (Å²) >= 11 is 0. The summed E-state index contributed by atoms with van der Waals surface area (Å²) in [5, 5.41) is 0. The van der Waals surface area contributed by atoms with Crippen LogP contribution in [0.5, 0.6) is 0 Å². The Morgan fingerprint density at radius 3 is 1.68 bits per heavy atom. The molecule has 4 rings (SSSR count). The zero-order valence-corrected chi connectivity index (χ0v) is 15.4. The molecule has 4 aliphatic carbocycles. The molecule has 162 valence electrons. The number of carbonyl (C=O) groups excluding carboxylic acids is 1. The van der Waals surface area contributed by atoms with Crippen molar-refractivity contribution in [3.05, 3.63) is 0 Å². The third kappa shape index (κ3) is 3.99. The van der Waals surface area contributed by atoms with Crippen LogP contribution in [0.2, 0.25) is 0 Å². The first-order valence-electron chi connectivity index (χ1n) is 8.90. The summed E-state index contributed by atoms with van der Waals surface area (Å²) in [7, 11) is -6.01. The van der Waals surface area contributed by atoms with Gasteiger partial charge in [0.15, 0.2) is 0 Å². The zero-order valence-electron chi connectivity index (χ0n) is 14.6. The Balaban J connectivity index is 1.81. The van der Waals surface area contributed by atoms with Crippen LogP contribution in [0.15, 0.2) is 0 Å². The van der Waals surface area contributed by atoms with Crippen molar-refractivity contribution in [2.75, 3.05) is 5.75 Å². The molecule has 28 heavy (non-hydrogen) atoms.